The van der Waals surface area contributed by atoms with Crippen LogP contribution in [-0.4, -0.2) is 13.7 Å². The fraction of sp³-hybridized carbons (Fsp3) is 0.467. The molecule has 2 rings (SSSR count). The van der Waals surface area contributed by atoms with Gasteiger partial charge < -0.3 is 9.26 Å². The summed E-state index contributed by atoms with van der Waals surface area (Å²) in [6.45, 7) is 6.22. The minimum Gasteiger partial charge on any atom is -0.497 e. The highest BCUT2D eigenvalue weighted by atomic mass is 31.2. The highest BCUT2D eigenvalue weighted by Crippen LogP contribution is 2.55. The monoisotopic (exact) mass is 296 g/mol. The Bertz CT molecular complexity index is 577. The number of fused-ring (bicyclic) bond motifs is 1. The van der Waals surface area contributed by atoms with E-state index in [1.807, 2.05) is 19.9 Å². The number of hydrogen-bond acceptors (Lipinski definition) is 4. The molecule has 20 heavy (non-hydrogen) atoms. The molecule has 0 amide bonds. The highest BCUT2D eigenvalue weighted by molar-refractivity contribution is 7.62. The molecule has 0 saturated carbocycles. The molecule has 1 aromatic rings. The molecule has 0 bridgehead atoms. The van der Waals surface area contributed by atoms with Gasteiger partial charge in [-0.25, -0.2) is 4.57 Å². The Kier molecular flexibility index (Phi) is 4.56. The van der Waals surface area contributed by atoms with Crippen LogP contribution < -0.4 is 10.0 Å². The predicted molar refractivity (Wildman–Crippen MR) is 80.4 cm³/mol. The van der Waals surface area contributed by atoms with Crippen LogP contribution in [0.5, 0.6) is 5.75 Å². The maximum absolute atomic E-state index is 13.0. The Labute approximate surface area is 120 Å². The Morgan fingerprint density at radius 1 is 1.20 bits per heavy atom. The summed E-state index contributed by atoms with van der Waals surface area (Å²) in [6.07, 6.45) is 1.51. The van der Waals surface area contributed by atoms with Crippen molar-refractivity contribution in [3.8, 4) is 5.75 Å². The van der Waals surface area contributed by atoms with Crippen LogP contribution >= 0.6 is 7.60 Å². The molecule has 0 N–H and O–H groups in total. The van der Waals surface area contributed by atoms with E-state index in [1.165, 1.54) is 0 Å². The van der Waals surface area contributed by atoms with Gasteiger partial charge in [0.15, 0.2) is 0 Å². The zero-order valence-electron chi connectivity index (χ0n) is 12.4. The molecule has 4 nitrogen and oxygen atoms in total. The number of hydrogen-bond donors (Lipinski definition) is 0. The van der Waals surface area contributed by atoms with Crippen molar-refractivity contribution in [2.75, 3.05) is 13.7 Å². The third-order valence-electron chi connectivity index (χ3n) is 3.36. The first-order chi connectivity index (χ1) is 9.59. The Hall–Kier alpha value is -1.25. The SMILES string of the molecule is CCOP1(=O)OC(CC)=C(CC)c2cc(OC)ccc21. The van der Waals surface area contributed by atoms with Gasteiger partial charge in [-0.15, -0.1) is 0 Å². The van der Waals surface area contributed by atoms with E-state index < -0.39 is 7.60 Å². The predicted octanol–water partition coefficient (Wildman–Crippen LogP) is 4.11. The molecule has 1 unspecified atom stereocenters. The van der Waals surface area contributed by atoms with Gasteiger partial charge >= 0.3 is 7.60 Å². The molecule has 0 spiro atoms. The number of ether oxygens (including phenoxy) is 1. The molecule has 1 atom stereocenters. The lowest BCUT2D eigenvalue weighted by Gasteiger charge is -2.29. The van der Waals surface area contributed by atoms with Gasteiger partial charge in [-0.1, -0.05) is 13.8 Å². The van der Waals surface area contributed by atoms with E-state index in [0.29, 0.717) is 18.3 Å². The summed E-state index contributed by atoms with van der Waals surface area (Å²) in [5, 5.41) is 0.634. The van der Waals surface area contributed by atoms with Gasteiger partial charge in [0.2, 0.25) is 0 Å². The van der Waals surface area contributed by atoms with Crippen molar-refractivity contribution < 1.29 is 18.3 Å². The molecule has 110 valence electrons. The van der Waals surface area contributed by atoms with E-state index in [0.717, 1.165) is 29.1 Å². The Balaban J connectivity index is 2.67. The molecule has 1 aliphatic rings. The van der Waals surface area contributed by atoms with Crippen molar-refractivity contribution in [1.82, 2.24) is 0 Å². The van der Waals surface area contributed by atoms with Crippen LogP contribution in [0.15, 0.2) is 24.0 Å². The molecule has 0 radical (unpaired) electrons. The third-order valence-corrected chi connectivity index (χ3v) is 5.40. The minimum absolute atomic E-state index is 0.348. The molecular formula is C15H21O4P. The first-order valence-corrected chi connectivity index (χ1v) is 8.49. The molecule has 1 heterocycles. The van der Waals surface area contributed by atoms with Gasteiger partial charge in [-0.2, -0.15) is 0 Å². The quantitative estimate of drug-likeness (QED) is 0.767. The summed E-state index contributed by atoms with van der Waals surface area (Å²) in [5.41, 5.74) is 2.00. The number of allylic oxidation sites excluding steroid dienone is 2. The van der Waals surface area contributed by atoms with Crippen LogP contribution in [0.4, 0.5) is 0 Å². The van der Waals surface area contributed by atoms with Crippen LogP contribution in [0.2, 0.25) is 0 Å². The zero-order valence-corrected chi connectivity index (χ0v) is 13.3. The molecule has 5 heteroatoms. The van der Waals surface area contributed by atoms with Crippen molar-refractivity contribution in [1.29, 1.82) is 0 Å². The molecule has 0 aromatic heterocycles. The minimum atomic E-state index is -3.27. The van der Waals surface area contributed by atoms with Crippen molar-refractivity contribution in [3.05, 3.63) is 29.5 Å². The molecule has 0 aliphatic carbocycles. The van der Waals surface area contributed by atoms with Crippen molar-refractivity contribution in [2.24, 2.45) is 0 Å². The van der Waals surface area contributed by atoms with Crippen molar-refractivity contribution in [3.63, 3.8) is 0 Å². The van der Waals surface area contributed by atoms with E-state index in [-0.39, 0.29) is 0 Å². The molecule has 0 fully saturated rings. The van der Waals surface area contributed by atoms with E-state index in [9.17, 15) is 4.57 Å². The van der Waals surface area contributed by atoms with Crippen molar-refractivity contribution in [2.45, 2.75) is 33.6 Å². The van der Waals surface area contributed by atoms with Crippen LogP contribution in [0.25, 0.3) is 5.57 Å². The number of benzene rings is 1. The summed E-state index contributed by atoms with van der Waals surface area (Å²) in [6, 6.07) is 5.49. The van der Waals surface area contributed by atoms with E-state index in [1.54, 1.807) is 19.2 Å². The lowest BCUT2D eigenvalue weighted by Crippen LogP contribution is -2.20. The summed E-state index contributed by atoms with van der Waals surface area (Å²) in [7, 11) is -1.65. The van der Waals surface area contributed by atoms with E-state index >= 15 is 0 Å². The van der Waals surface area contributed by atoms with Gasteiger partial charge in [0, 0.05) is 12.0 Å². The van der Waals surface area contributed by atoms with Gasteiger partial charge in [-0.3, -0.25) is 4.52 Å². The number of methoxy groups -OCH3 is 1. The molecule has 0 saturated heterocycles. The first kappa shape index (κ1) is 15.1. The average molecular weight is 296 g/mol. The molecule has 1 aromatic carbocycles. The second-order valence-corrected chi connectivity index (χ2v) is 6.42. The Morgan fingerprint density at radius 3 is 2.50 bits per heavy atom. The lowest BCUT2D eigenvalue weighted by molar-refractivity contribution is 0.255. The van der Waals surface area contributed by atoms with Crippen LogP contribution in [0.3, 0.4) is 0 Å². The fourth-order valence-electron chi connectivity index (χ4n) is 2.45. The first-order valence-electron chi connectivity index (χ1n) is 6.94. The van der Waals surface area contributed by atoms with Crippen LogP contribution in [-0.2, 0) is 13.6 Å². The van der Waals surface area contributed by atoms with Gasteiger partial charge in [0.25, 0.3) is 0 Å². The summed E-state index contributed by atoms with van der Waals surface area (Å²) >= 11 is 0. The van der Waals surface area contributed by atoms with E-state index in [4.69, 9.17) is 13.8 Å². The second kappa shape index (κ2) is 6.02. The lowest BCUT2D eigenvalue weighted by atomic mass is 10.0. The largest absolute Gasteiger partial charge is 0.497 e. The van der Waals surface area contributed by atoms with Crippen molar-refractivity contribution >= 4 is 18.5 Å². The fourth-order valence-corrected chi connectivity index (χ4v) is 4.36. The summed E-state index contributed by atoms with van der Waals surface area (Å²) < 4.78 is 29.4. The standard InChI is InChI=1S/C15H21O4P/c1-5-12-13-10-11(17-4)8-9-15(13)20(16,18-7-3)19-14(12)6-2/h8-10H,5-7H2,1-4H3. The number of rotatable bonds is 5. The highest BCUT2D eigenvalue weighted by Gasteiger charge is 2.37. The topological polar surface area (TPSA) is 44.8 Å². The molecule has 1 aliphatic heterocycles. The van der Waals surface area contributed by atoms with E-state index in [2.05, 4.69) is 6.92 Å². The summed E-state index contributed by atoms with van der Waals surface area (Å²) in [4.78, 5) is 0. The Morgan fingerprint density at radius 2 is 1.95 bits per heavy atom. The van der Waals surface area contributed by atoms with Crippen LogP contribution in [0, 0.1) is 0 Å². The van der Waals surface area contributed by atoms with Gasteiger partial charge in [0.05, 0.1) is 19.0 Å². The maximum Gasteiger partial charge on any atom is 0.411 e. The zero-order chi connectivity index (χ0) is 14.8. The maximum atomic E-state index is 13.0. The second-order valence-electron chi connectivity index (χ2n) is 4.50. The van der Waals surface area contributed by atoms with Gasteiger partial charge in [0.1, 0.15) is 11.5 Å². The smallest absolute Gasteiger partial charge is 0.411 e. The summed E-state index contributed by atoms with van der Waals surface area (Å²) in [5.74, 6) is 1.50. The molecular weight excluding hydrogens is 275 g/mol. The average Bonchev–Trinajstić information content (AvgIpc) is 2.46. The third kappa shape index (κ3) is 2.50. The van der Waals surface area contributed by atoms with Gasteiger partial charge in [-0.05, 0) is 37.1 Å². The normalized spacial score (nSPS) is 21.4. The van der Waals surface area contributed by atoms with Crippen LogP contribution in [0.1, 0.15) is 39.2 Å².